The van der Waals surface area contributed by atoms with E-state index in [4.69, 9.17) is 4.65 Å². The van der Waals surface area contributed by atoms with Crippen molar-refractivity contribution in [2.24, 2.45) is 0 Å². The molecule has 74 valence electrons. The van der Waals surface area contributed by atoms with Crippen molar-refractivity contribution >= 4 is 18.9 Å². The molecule has 1 N–H and O–H groups in total. The summed E-state index contributed by atoms with van der Waals surface area (Å²) in [6.45, 7) is 2.04. The van der Waals surface area contributed by atoms with Gasteiger partial charge in [-0.3, -0.25) is 0 Å². The maximum atomic E-state index is 9.41. The molecular weight excluding hydrogens is 195 g/mol. The highest BCUT2D eigenvalue weighted by atomic mass is 32.2. The van der Waals surface area contributed by atoms with Gasteiger partial charge in [0.15, 0.2) is 0 Å². The molecule has 14 heavy (non-hydrogen) atoms. The molecule has 0 saturated carbocycles. The zero-order chi connectivity index (χ0) is 10.1. The summed E-state index contributed by atoms with van der Waals surface area (Å²) in [7, 11) is -0.627. The average molecular weight is 208 g/mol. The predicted molar refractivity (Wildman–Crippen MR) is 60.1 cm³/mol. The lowest BCUT2D eigenvalue weighted by atomic mass is 9.78. The SMILES string of the molecule is CSc1ccc2c(c1C)OB(O)CC2. The first-order chi connectivity index (χ1) is 6.72. The van der Waals surface area contributed by atoms with Crippen molar-refractivity contribution in [3.8, 4) is 5.75 Å². The Balaban J connectivity index is 2.45. The van der Waals surface area contributed by atoms with Crippen molar-refractivity contribution in [2.75, 3.05) is 6.26 Å². The van der Waals surface area contributed by atoms with E-state index in [1.165, 1.54) is 10.5 Å². The molecule has 1 aliphatic heterocycles. The Morgan fingerprint density at radius 1 is 1.50 bits per heavy atom. The third-order valence-corrected chi connectivity index (χ3v) is 3.45. The Morgan fingerprint density at radius 2 is 2.29 bits per heavy atom. The molecule has 2 rings (SSSR count). The van der Waals surface area contributed by atoms with Gasteiger partial charge in [0.1, 0.15) is 5.75 Å². The van der Waals surface area contributed by atoms with E-state index in [2.05, 4.69) is 12.1 Å². The van der Waals surface area contributed by atoms with Crippen LogP contribution in [0.15, 0.2) is 17.0 Å². The lowest BCUT2D eigenvalue weighted by Gasteiger charge is -2.22. The minimum atomic E-state index is -0.627. The molecule has 2 nitrogen and oxygen atoms in total. The molecule has 1 aromatic rings. The summed E-state index contributed by atoms with van der Waals surface area (Å²) in [5.41, 5.74) is 2.36. The summed E-state index contributed by atoms with van der Waals surface area (Å²) in [5, 5.41) is 9.41. The van der Waals surface area contributed by atoms with Crippen LogP contribution in [0.5, 0.6) is 5.75 Å². The van der Waals surface area contributed by atoms with E-state index >= 15 is 0 Å². The average Bonchev–Trinajstić information content (AvgIpc) is 2.20. The van der Waals surface area contributed by atoms with E-state index in [1.54, 1.807) is 11.8 Å². The van der Waals surface area contributed by atoms with Crippen LogP contribution in [0.4, 0.5) is 0 Å². The lowest BCUT2D eigenvalue weighted by molar-refractivity contribution is 0.396. The lowest BCUT2D eigenvalue weighted by Crippen LogP contribution is -2.27. The summed E-state index contributed by atoms with van der Waals surface area (Å²) < 4.78 is 5.45. The van der Waals surface area contributed by atoms with Crippen LogP contribution in [-0.2, 0) is 6.42 Å². The number of benzene rings is 1. The second-order valence-corrected chi connectivity index (χ2v) is 4.34. The smallest absolute Gasteiger partial charge is 0.522 e. The van der Waals surface area contributed by atoms with Crippen LogP contribution in [0.1, 0.15) is 11.1 Å². The summed E-state index contributed by atoms with van der Waals surface area (Å²) >= 11 is 1.71. The zero-order valence-electron chi connectivity index (χ0n) is 8.41. The minimum Gasteiger partial charge on any atom is -0.536 e. The Bertz CT molecular complexity index is 354. The van der Waals surface area contributed by atoms with Crippen LogP contribution < -0.4 is 4.65 Å². The van der Waals surface area contributed by atoms with Crippen molar-refractivity contribution in [3.05, 3.63) is 23.3 Å². The number of rotatable bonds is 1. The van der Waals surface area contributed by atoms with Gasteiger partial charge in [-0.15, -0.1) is 11.8 Å². The van der Waals surface area contributed by atoms with Crippen LogP contribution in [0.2, 0.25) is 6.32 Å². The van der Waals surface area contributed by atoms with E-state index in [-0.39, 0.29) is 0 Å². The fourth-order valence-corrected chi connectivity index (χ4v) is 2.39. The predicted octanol–water partition coefficient (Wildman–Crippen LogP) is 2.13. The monoisotopic (exact) mass is 208 g/mol. The van der Waals surface area contributed by atoms with Gasteiger partial charge in [-0.2, -0.15) is 0 Å². The molecule has 0 unspecified atom stereocenters. The van der Waals surface area contributed by atoms with Crippen molar-refractivity contribution in [1.82, 2.24) is 0 Å². The van der Waals surface area contributed by atoms with Crippen LogP contribution in [0.25, 0.3) is 0 Å². The quantitative estimate of drug-likeness (QED) is 0.566. The van der Waals surface area contributed by atoms with Crippen LogP contribution in [0, 0.1) is 6.92 Å². The van der Waals surface area contributed by atoms with E-state index in [0.29, 0.717) is 6.32 Å². The van der Waals surface area contributed by atoms with Crippen molar-refractivity contribution in [2.45, 2.75) is 24.6 Å². The second-order valence-electron chi connectivity index (χ2n) is 3.49. The Labute approximate surface area is 88.8 Å². The van der Waals surface area contributed by atoms with Crippen LogP contribution in [0.3, 0.4) is 0 Å². The first-order valence-corrected chi connectivity index (χ1v) is 5.96. The minimum absolute atomic E-state index is 0.627. The fraction of sp³-hybridized carbons (Fsp3) is 0.400. The third-order valence-electron chi connectivity index (χ3n) is 2.57. The molecule has 0 amide bonds. The molecule has 4 heteroatoms. The van der Waals surface area contributed by atoms with Crippen molar-refractivity contribution in [1.29, 1.82) is 0 Å². The number of thioether (sulfide) groups is 1. The van der Waals surface area contributed by atoms with Crippen molar-refractivity contribution in [3.63, 3.8) is 0 Å². The first-order valence-electron chi connectivity index (χ1n) is 4.73. The number of hydrogen-bond donors (Lipinski definition) is 1. The number of hydrogen-bond acceptors (Lipinski definition) is 3. The number of aryl methyl sites for hydroxylation is 1. The van der Waals surface area contributed by atoms with E-state index in [0.717, 1.165) is 17.7 Å². The summed E-state index contributed by atoms with van der Waals surface area (Å²) in [6.07, 6.45) is 3.66. The van der Waals surface area contributed by atoms with Gasteiger partial charge in [0, 0.05) is 10.5 Å². The highest BCUT2D eigenvalue weighted by Gasteiger charge is 2.25. The molecule has 0 saturated heterocycles. The summed E-state index contributed by atoms with van der Waals surface area (Å²) in [4.78, 5) is 1.22. The molecule has 0 atom stereocenters. The van der Waals surface area contributed by atoms with Gasteiger partial charge >= 0.3 is 7.12 Å². The standard InChI is InChI=1S/C10H13BO2S/c1-7-9(14-2)4-3-8-5-6-11(12)13-10(7)8/h3-4,12H,5-6H2,1-2H3. The Kier molecular flexibility index (Phi) is 2.74. The highest BCUT2D eigenvalue weighted by molar-refractivity contribution is 7.98. The molecule has 1 heterocycles. The molecule has 0 aromatic heterocycles. The summed E-state index contributed by atoms with van der Waals surface area (Å²) in [5.74, 6) is 0.885. The Morgan fingerprint density at radius 3 is 3.00 bits per heavy atom. The summed E-state index contributed by atoms with van der Waals surface area (Å²) in [6, 6.07) is 4.22. The molecule has 0 radical (unpaired) electrons. The van der Waals surface area contributed by atoms with Gasteiger partial charge in [0.25, 0.3) is 0 Å². The highest BCUT2D eigenvalue weighted by Crippen LogP contribution is 2.35. The zero-order valence-corrected chi connectivity index (χ0v) is 9.23. The topological polar surface area (TPSA) is 29.5 Å². The van der Waals surface area contributed by atoms with Crippen LogP contribution in [-0.4, -0.2) is 18.4 Å². The molecule has 0 fully saturated rings. The maximum absolute atomic E-state index is 9.41. The fourth-order valence-electron chi connectivity index (χ4n) is 1.79. The van der Waals surface area contributed by atoms with Crippen LogP contribution >= 0.6 is 11.8 Å². The molecule has 1 aliphatic rings. The Hall–Kier alpha value is -0.605. The third kappa shape index (κ3) is 1.64. The van der Waals surface area contributed by atoms with E-state index < -0.39 is 7.12 Å². The van der Waals surface area contributed by atoms with Gasteiger partial charge in [-0.05, 0) is 37.6 Å². The van der Waals surface area contributed by atoms with E-state index in [1.807, 2.05) is 13.2 Å². The van der Waals surface area contributed by atoms with Gasteiger partial charge in [0.05, 0.1) is 0 Å². The normalized spacial score (nSPS) is 14.9. The second kappa shape index (κ2) is 3.87. The molecular formula is C10H13BO2S. The van der Waals surface area contributed by atoms with Gasteiger partial charge in [-0.1, -0.05) is 6.07 Å². The van der Waals surface area contributed by atoms with Gasteiger partial charge in [0.2, 0.25) is 0 Å². The largest absolute Gasteiger partial charge is 0.536 e. The first kappa shape index (κ1) is 9.93. The number of fused-ring (bicyclic) bond motifs is 1. The van der Waals surface area contributed by atoms with Gasteiger partial charge in [-0.25, -0.2) is 0 Å². The van der Waals surface area contributed by atoms with E-state index in [9.17, 15) is 5.02 Å². The molecule has 0 bridgehead atoms. The molecule has 0 aliphatic carbocycles. The van der Waals surface area contributed by atoms with Crippen molar-refractivity contribution < 1.29 is 9.68 Å². The van der Waals surface area contributed by atoms with Gasteiger partial charge < -0.3 is 9.68 Å². The maximum Gasteiger partial charge on any atom is 0.522 e. The molecule has 0 spiro atoms. The molecule has 1 aromatic carbocycles.